The van der Waals surface area contributed by atoms with Gasteiger partial charge in [-0.3, -0.25) is 0 Å². The van der Waals surface area contributed by atoms with Crippen LogP contribution in [0.4, 0.5) is 5.69 Å². The first-order valence-electron chi connectivity index (χ1n) is 5.75. The summed E-state index contributed by atoms with van der Waals surface area (Å²) in [7, 11) is 0. The number of nitrogens with zero attached hydrogens (tertiary/aromatic N) is 1. The molecule has 19 heavy (non-hydrogen) atoms. The van der Waals surface area contributed by atoms with Crippen LogP contribution in [0.2, 0.25) is 5.02 Å². The Morgan fingerprint density at radius 2 is 2.21 bits per heavy atom. The molecule has 1 aliphatic heterocycles. The van der Waals surface area contributed by atoms with Crippen LogP contribution >= 0.6 is 23.4 Å². The van der Waals surface area contributed by atoms with Crippen LogP contribution in [0.5, 0.6) is 5.75 Å². The highest BCUT2D eigenvalue weighted by Crippen LogP contribution is 2.29. The van der Waals surface area contributed by atoms with E-state index in [9.17, 15) is 9.90 Å². The van der Waals surface area contributed by atoms with Crippen LogP contribution in [0, 0.1) is 0 Å². The van der Waals surface area contributed by atoms with Gasteiger partial charge in [-0.05, 0) is 12.1 Å². The largest absolute Gasteiger partial charge is 0.506 e. The summed E-state index contributed by atoms with van der Waals surface area (Å²) in [6.45, 7) is 4.00. The van der Waals surface area contributed by atoms with E-state index in [1.54, 1.807) is 12.1 Å². The lowest BCUT2D eigenvalue weighted by atomic mass is 10.3. The number of aliphatic imine (C=N–C) groups is 1. The number of hydrogen-bond acceptors (Lipinski definition) is 5. The Hall–Kier alpha value is -1.40. The quantitative estimate of drug-likeness (QED) is 0.732. The lowest BCUT2D eigenvalue weighted by Gasteiger charge is -2.07. The monoisotopic (exact) mass is 302 g/mol. The Balaban J connectivity index is 0.000000861. The minimum absolute atomic E-state index is 0.000394. The molecule has 1 aromatic rings. The molecule has 1 heterocycles. The molecular formula is C12H15ClN2O3S. The van der Waals surface area contributed by atoms with Gasteiger partial charge < -0.3 is 15.5 Å². The number of aromatic hydroxyl groups is 1. The molecule has 7 heteroatoms. The number of anilines is 1. The summed E-state index contributed by atoms with van der Waals surface area (Å²) >= 11 is 7.00. The van der Waals surface area contributed by atoms with Gasteiger partial charge in [-0.15, -0.1) is 0 Å². The Kier molecular flexibility index (Phi) is 5.98. The van der Waals surface area contributed by atoms with Crippen molar-refractivity contribution in [3.05, 3.63) is 23.2 Å². The van der Waals surface area contributed by atoms with Gasteiger partial charge in [0.25, 0.3) is 0 Å². The van der Waals surface area contributed by atoms with Crippen molar-refractivity contribution in [1.82, 2.24) is 0 Å². The number of carbonyl (C=O) groups is 1. The summed E-state index contributed by atoms with van der Waals surface area (Å²) in [5, 5.41) is 22.1. The number of amidine groups is 1. The maximum absolute atomic E-state index is 10.7. The Morgan fingerprint density at radius 3 is 2.74 bits per heavy atom. The van der Waals surface area contributed by atoms with Gasteiger partial charge in [0, 0.05) is 16.8 Å². The van der Waals surface area contributed by atoms with Gasteiger partial charge in [0.15, 0.2) is 11.2 Å². The normalized spacial score (nSPS) is 17.2. The first-order chi connectivity index (χ1) is 9.06. The third kappa shape index (κ3) is 4.33. The molecule has 1 aliphatic rings. The summed E-state index contributed by atoms with van der Waals surface area (Å²) in [6.07, 6.45) is 0. The number of nitrogens with one attached hydrogen (secondary N) is 1. The SMILES string of the molecule is CC.O=C(O)C1CSC(Nc2ccc(Cl)cc2O)=N1. The summed E-state index contributed by atoms with van der Waals surface area (Å²) in [5.41, 5.74) is 0.451. The predicted octanol–water partition coefficient (Wildman–Crippen LogP) is 3.04. The van der Waals surface area contributed by atoms with E-state index in [-0.39, 0.29) is 5.75 Å². The second kappa shape index (κ2) is 7.25. The van der Waals surface area contributed by atoms with E-state index in [1.807, 2.05) is 13.8 Å². The summed E-state index contributed by atoms with van der Waals surface area (Å²) in [4.78, 5) is 14.7. The summed E-state index contributed by atoms with van der Waals surface area (Å²) in [5.74, 6) is -0.555. The standard InChI is InChI=1S/C10H9ClN2O3S.C2H6/c11-5-1-2-6(8(14)3-5)12-10-13-7(4-17-10)9(15)16;1-2/h1-3,7,14H,4H2,(H,12,13)(H,15,16);1-2H3. The molecule has 0 saturated heterocycles. The zero-order chi connectivity index (χ0) is 14.4. The molecule has 0 spiro atoms. The fourth-order valence-electron chi connectivity index (χ4n) is 1.29. The second-order valence-corrected chi connectivity index (χ2v) is 4.83. The number of carboxylic acids is 1. The third-order valence-corrected chi connectivity index (χ3v) is 3.34. The molecule has 5 nitrogen and oxygen atoms in total. The highest BCUT2D eigenvalue weighted by molar-refractivity contribution is 8.14. The number of rotatable bonds is 2. The molecule has 2 rings (SSSR count). The van der Waals surface area contributed by atoms with Gasteiger partial charge in [0.2, 0.25) is 0 Å². The van der Waals surface area contributed by atoms with Crippen molar-refractivity contribution in [2.75, 3.05) is 11.1 Å². The average Bonchev–Trinajstić information content (AvgIpc) is 2.84. The van der Waals surface area contributed by atoms with E-state index < -0.39 is 12.0 Å². The molecular weight excluding hydrogens is 288 g/mol. The van der Waals surface area contributed by atoms with Crippen molar-refractivity contribution < 1.29 is 15.0 Å². The zero-order valence-electron chi connectivity index (χ0n) is 10.6. The molecule has 1 aromatic carbocycles. The minimum atomic E-state index is -0.949. The molecule has 0 aromatic heterocycles. The van der Waals surface area contributed by atoms with E-state index in [1.165, 1.54) is 17.8 Å². The van der Waals surface area contributed by atoms with Crippen LogP contribution in [-0.4, -0.2) is 33.1 Å². The molecule has 0 amide bonds. The molecule has 104 valence electrons. The van der Waals surface area contributed by atoms with E-state index in [0.717, 1.165) is 0 Å². The average molecular weight is 303 g/mol. The highest BCUT2D eigenvalue weighted by atomic mass is 35.5. The van der Waals surface area contributed by atoms with Gasteiger partial charge >= 0.3 is 5.97 Å². The molecule has 0 saturated carbocycles. The molecule has 0 fully saturated rings. The molecule has 0 bridgehead atoms. The maximum Gasteiger partial charge on any atom is 0.329 e. The van der Waals surface area contributed by atoms with Crippen LogP contribution in [0.25, 0.3) is 0 Å². The van der Waals surface area contributed by atoms with E-state index >= 15 is 0 Å². The molecule has 1 atom stereocenters. The van der Waals surface area contributed by atoms with Gasteiger partial charge in [-0.25, -0.2) is 9.79 Å². The summed E-state index contributed by atoms with van der Waals surface area (Å²) in [6, 6.07) is 3.91. The fourth-order valence-corrected chi connectivity index (χ4v) is 2.38. The third-order valence-electron chi connectivity index (χ3n) is 2.14. The fraction of sp³-hybridized carbons (Fsp3) is 0.333. The topological polar surface area (TPSA) is 81.9 Å². The van der Waals surface area contributed by atoms with Crippen molar-refractivity contribution in [1.29, 1.82) is 0 Å². The number of aliphatic carboxylic acids is 1. The Morgan fingerprint density at radius 1 is 1.53 bits per heavy atom. The number of halogens is 1. The minimum Gasteiger partial charge on any atom is -0.506 e. The molecule has 1 unspecified atom stereocenters. The van der Waals surface area contributed by atoms with E-state index in [4.69, 9.17) is 16.7 Å². The number of benzene rings is 1. The van der Waals surface area contributed by atoms with Crippen LogP contribution in [0.3, 0.4) is 0 Å². The first-order valence-corrected chi connectivity index (χ1v) is 7.11. The van der Waals surface area contributed by atoms with Crippen molar-refractivity contribution in [3.63, 3.8) is 0 Å². The highest BCUT2D eigenvalue weighted by Gasteiger charge is 2.24. The number of hydrogen-bond donors (Lipinski definition) is 3. The van der Waals surface area contributed by atoms with Crippen molar-refractivity contribution in [2.45, 2.75) is 19.9 Å². The number of phenols is 1. The lowest BCUT2D eigenvalue weighted by Crippen LogP contribution is -2.17. The van der Waals surface area contributed by atoms with E-state index in [0.29, 0.717) is 21.6 Å². The van der Waals surface area contributed by atoms with Crippen LogP contribution in [-0.2, 0) is 4.79 Å². The lowest BCUT2D eigenvalue weighted by molar-refractivity contribution is -0.137. The van der Waals surface area contributed by atoms with Gasteiger partial charge in [-0.1, -0.05) is 37.2 Å². The van der Waals surface area contributed by atoms with Gasteiger partial charge in [0.1, 0.15) is 5.75 Å². The van der Waals surface area contributed by atoms with Crippen LogP contribution < -0.4 is 5.32 Å². The smallest absolute Gasteiger partial charge is 0.329 e. The van der Waals surface area contributed by atoms with Crippen molar-refractivity contribution >= 4 is 40.2 Å². The Labute approximate surface area is 120 Å². The van der Waals surface area contributed by atoms with Gasteiger partial charge in [0.05, 0.1) is 5.69 Å². The number of thioether (sulfide) groups is 1. The predicted molar refractivity (Wildman–Crippen MR) is 79.4 cm³/mol. The van der Waals surface area contributed by atoms with Crippen molar-refractivity contribution in [3.8, 4) is 5.75 Å². The number of carboxylic acid groups (broad SMARTS) is 1. The summed E-state index contributed by atoms with van der Waals surface area (Å²) < 4.78 is 0. The van der Waals surface area contributed by atoms with Crippen LogP contribution in [0.15, 0.2) is 23.2 Å². The van der Waals surface area contributed by atoms with Gasteiger partial charge in [-0.2, -0.15) is 0 Å². The first kappa shape index (κ1) is 15.7. The molecule has 3 N–H and O–H groups in total. The van der Waals surface area contributed by atoms with Crippen LogP contribution in [0.1, 0.15) is 13.8 Å². The molecule has 0 aliphatic carbocycles. The second-order valence-electron chi connectivity index (χ2n) is 3.39. The maximum atomic E-state index is 10.7. The van der Waals surface area contributed by atoms with Crippen molar-refractivity contribution in [2.24, 2.45) is 4.99 Å². The van der Waals surface area contributed by atoms with E-state index in [2.05, 4.69) is 10.3 Å². The number of phenolic OH excluding ortho intramolecular Hbond substituents is 1. The Bertz CT molecular complexity index is 494. The zero-order valence-corrected chi connectivity index (χ0v) is 12.1. The molecule has 0 radical (unpaired) electrons.